The maximum Gasteiger partial charge on any atom is 0.257 e. The van der Waals surface area contributed by atoms with Crippen LogP contribution in [0.25, 0.3) is 0 Å². The number of halogens is 1. The van der Waals surface area contributed by atoms with Crippen LogP contribution in [0.5, 0.6) is 0 Å². The van der Waals surface area contributed by atoms with E-state index in [2.05, 4.69) is 16.0 Å². The molecule has 128 valence electrons. The van der Waals surface area contributed by atoms with Crippen LogP contribution in [-0.4, -0.2) is 30.8 Å². The van der Waals surface area contributed by atoms with Crippen LogP contribution >= 0.6 is 23.8 Å². The van der Waals surface area contributed by atoms with Gasteiger partial charge in [-0.15, -0.1) is 0 Å². The number of hydrogen-bond acceptors (Lipinski definition) is 3. The van der Waals surface area contributed by atoms with Crippen LogP contribution in [0, 0.1) is 0 Å². The monoisotopic (exact) mass is 365 g/mol. The standard InChI is InChI=1S/C17H20ClN3O2S/c1-3-19-17(24)20-11-8-9-14(15(10-11)23-2)21-16(22)12-6-4-5-7-13(12)18/h4-9,15H,3,10H2,1-2H3,(H,21,22)(H2,19,20,24). The van der Waals surface area contributed by atoms with Gasteiger partial charge in [0, 0.05) is 31.5 Å². The maximum absolute atomic E-state index is 12.4. The van der Waals surface area contributed by atoms with Gasteiger partial charge in [0.1, 0.15) is 6.10 Å². The predicted octanol–water partition coefficient (Wildman–Crippen LogP) is 2.74. The molecule has 1 aromatic carbocycles. The Balaban J connectivity index is 2.10. The van der Waals surface area contributed by atoms with Crippen LogP contribution in [0.4, 0.5) is 0 Å². The Hall–Kier alpha value is -1.89. The Labute approximate surface area is 152 Å². The van der Waals surface area contributed by atoms with E-state index in [-0.39, 0.29) is 12.0 Å². The van der Waals surface area contributed by atoms with Crippen molar-refractivity contribution in [2.24, 2.45) is 0 Å². The van der Waals surface area contributed by atoms with E-state index in [0.717, 1.165) is 12.2 Å². The van der Waals surface area contributed by atoms with Crippen molar-refractivity contribution in [3.63, 3.8) is 0 Å². The quantitative estimate of drug-likeness (QED) is 0.700. The highest BCUT2D eigenvalue weighted by Gasteiger charge is 2.22. The zero-order valence-corrected chi connectivity index (χ0v) is 15.1. The molecule has 1 atom stereocenters. The first-order chi connectivity index (χ1) is 11.5. The van der Waals surface area contributed by atoms with Gasteiger partial charge in [-0.25, -0.2) is 0 Å². The van der Waals surface area contributed by atoms with Gasteiger partial charge in [-0.3, -0.25) is 4.79 Å². The molecular weight excluding hydrogens is 346 g/mol. The molecule has 1 unspecified atom stereocenters. The minimum atomic E-state index is -0.270. The second-order valence-electron chi connectivity index (χ2n) is 5.16. The minimum Gasteiger partial charge on any atom is -0.375 e. The molecule has 0 saturated carbocycles. The van der Waals surface area contributed by atoms with Gasteiger partial charge in [0.2, 0.25) is 0 Å². The lowest BCUT2D eigenvalue weighted by Crippen LogP contribution is -2.38. The van der Waals surface area contributed by atoms with E-state index in [9.17, 15) is 4.79 Å². The Morgan fingerprint density at radius 3 is 2.75 bits per heavy atom. The van der Waals surface area contributed by atoms with E-state index in [0.29, 0.717) is 27.8 Å². The van der Waals surface area contributed by atoms with E-state index in [1.807, 2.05) is 19.1 Å². The normalized spacial score (nSPS) is 16.7. The molecule has 1 aromatic rings. The molecule has 0 bridgehead atoms. The summed E-state index contributed by atoms with van der Waals surface area (Å²) < 4.78 is 5.48. The zero-order chi connectivity index (χ0) is 17.5. The first-order valence-corrected chi connectivity index (χ1v) is 8.38. The largest absolute Gasteiger partial charge is 0.375 e. The summed E-state index contributed by atoms with van der Waals surface area (Å²) in [4.78, 5) is 12.4. The number of carbonyl (C=O) groups is 1. The molecule has 0 saturated heterocycles. The van der Waals surface area contributed by atoms with Crippen molar-refractivity contribution in [1.29, 1.82) is 0 Å². The number of carbonyl (C=O) groups excluding carboxylic acids is 1. The molecule has 1 aliphatic rings. The summed E-state index contributed by atoms with van der Waals surface area (Å²) >= 11 is 11.2. The Morgan fingerprint density at radius 1 is 1.33 bits per heavy atom. The molecule has 24 heavy (non-hydrogen) atoms. The van der Waals surface area contributed by atoms with Crippen molar-refractivity contribution in [2.45, 2.75) is 19.4 Å². The van der Waals surface area contributed by atoms with Gasteiger partial charge < -0.3 is 20.7 Å². The molecule has 2 rings (SSSR count). The van der Waals surface area contributed by atoms with Crippen molar-refractivity contribution in [3.8, 4) is 0 Å². The molecule has 0 aromatic heterocycles. The first kappa shape index (κ1) is 18.4. The fraction of sp³-hybridized carbons (Fsp3) is 0.294. The number of amides is 1. The molecule has 0 fully saturated rings. The SMILES string of the molecule is CCNC(=S)NC1=CC=C(NC(=O)c2ccccc2Cl)C(OC)C1. The first-order valence-electron chi connectivity index (χ1n) is 7.59. The van der Waals surface area contributed by atoms with E-state index in [1.165, 1.54) is 0 Å². The van der Waals surface area contributed by atoms with Crippen LogP contribution in [0.1, 0.15) is 23.7 Å². The molecule has 5 nitrogen and oxygen atoms in total. The van der Waals surface area contributed by atoms with E-state index in [4.69, 9.17) is 28.6 Å². The third-order valence-corrected chi connectivity index (χ3v) is 4.06. The Kier molecular flexibility index (Phi) is 6.78. The van der Waals surface area contributed by atoms with Crippen LogP contribution in [0.15, 0.2) is 47.8 Å². The number of benzene rings is 1. The van der Waals surface area contributed by atoms with Crippen molar-refractivity contribution in [2.75, 3.05) is 13.7 Å². The van der Waals surface area contributed by atoms with Gasteiger partial charge >= 0.3 is 0 Å². The summed E-state index contributed by atoms with van der Waals surface area (Å²) in [6.07, 6.45) is 4.00. The van der Waals surface area contributed by atoms with Crippen molar-refractivity contribution >= 4 is 34.8 Å². The molecular formula is C17H20ClN3O2S. The molecule has 7 heteroatoms. The van der Waals surface area contributed by atoms with Gasteiger partial charge in [-0.2, -0.15) is 0 Å². The number of ether oxygens (including phenoxy) is 1. The molecule has 0 spiro atoms. The molecule has 1 aliphatic carbocycles. The summed E-state index contributed by atoms with van der Waals surface area (Å²) in [6, 6.07) is 6.92. The number of hydrogen-bond donors (Lipinski definition) is 3. The molecule has 1 amide bonds. The van der Waals surface area contributed by atoms with Crippen LogP contribution < -0.4 is 16.0 Å². The van der Waals surface area contributed by atoms with Crippen molar-refractivity contribution in [3.05, 3.63) is 58.4 Å². The van der Waals surface area contributed by atoms with Crippen molar-refractivity contribution < 1.29 is 9.53 Å². The van der Waals surface area contributed by atoms with Crippen LogP contribution in [0.2, 0.25) is 5.02 Å². The molecule has 0 aliphatic heterocycles. The highest BCUT2D eigenvalue weighted by atomic mass is 35.5. The topological polar surface area (TPSA) is 62.4 Å². The van der Waals surface area contributed by atoms with Gasteiger partial charge in [-0.1, -0.05) is 23.7 Å². The van der Waals surface area contributed by atoms with Gasteiger partial charge in [0.05, 0.1) is 10.6 Å². The Bertz CT molecular complexity index is 688. The smallest absolute Gasteiger partial charge is 0.257 e. The molecule has 0 radical (unpaired) electrons. The summed E-state index contributed by atoms with van der Waals surface area (Å²) in [6.45, 7) is 2.73. The minimum absolute atomic E-state index is 0.262. The van der Waals surface area contributed by atoms with Gasteiger partial charge in [-0.05, 0) is 43.4 Å². The number of allylic oxidation sites excluding steroid dienone is 2. The lowest BCUT2D eigenvalue weighted by molar-refractivity contribution is 0.0913. The fourth-order valence-corrected chi connectivity index (χ4v) is 2.79. The maximum atomic E-state index is 12.4. The van der Waals surface area contributed by atoms with Gasteiger partial charge in [0.15, 0.2) is 5.11 Å². The number of rotatable bonds is 5. The lowest BCUT2D eigenvalue weighted by Gasteiger charge is -2.25. The Morgan fingerprint density at radius 2 is 2.08 bits per heavy atom. The summed E-state index contributed by atoms with van der Waals surface area (Å²) in [7, 11) is 1.60. The number of thiocarbonyl (C=S) groups is 1. The summed E-state index contributed by atoms with van der Waals surface area (Å²) in [5.74, 6) is -0.262. The van der Waals surface area contributed by atoms with Crippen LogP contribution in [0.3, 0.4) is 0 Å². The highest BCUT2D eigenvalue weighted by molar-refractivity contribution is 7.80. The van der Waals surface area contributed by atoms with E-state index >= 15 is 0 Å². The average molecular weight is 366 g/mol. The number of nitrogens with one attached hydrogen (secondary N) is 3. The fourth-order valence-electron chi connectivity index (χ4n) is 2.29. The second kappa shape index (κ2) is 8.82. The number of methoxy groups -OCH3 is 1. The molecule has 3 N–H and O–H groups in total. The van der Waals surface area contributed by atoms with E-state index < -0.39 is 0 Å². The van der Waals surface area contributed by atoms with Crippen molar-refractivity contribution in [1.82, 2.24) is 16.0 Å². The third-order valence-electron chi connectivity index (χ3n) is 3.49. The van der Waals surface area contributed by atoms with E-state index in [1.54, 1.807) is 31.4 Å². The summed E-state index contributed by atoms with van der Waals surface area (Å²) in [5.41, 5.74) is 2.03. The lowest BCUT2D eigenvalue weighted by atomic mass is 10.0. The molecule has 0 heterocycles. The average Bonchev–Trinajstić information content (AvgIpc) is 2.56. The van der Waals surface area contributed by atoms with Crippen LogP contribution in [-0.2, 0) is 4.74 Å². The zero-order valence-electron chi connectivity index (χ0n) is 13.6. The highest BCUT2D eigenvalue weighted by Crippen LogP contribution is 2.20. The summed E-state index contributed by atoms with van der Waals surface area (Å²) in [5, 5.41) is 10.00. The second-order valence-corrected chi connectivity index (χ2v) is 5.98. The predicted molar refractivity (Wildman–Crippen MR) is 99.9 cm³/mol. The third kappa shape index (κ3) is 4.80. The van der Waals surface area contributed by atoms with Gasteiger partial charge in [0.25, 0.3) is 5.91 Å².